The van der Waals surface area contributed by atoms with Crippen molar-refractivity contribution < 1.29 is 9.53 Å². The van der Waals surface area contributed by atoms with Gasteiger partial charge in [0.2, 0.25) is 5.91 Å². The van der Waals surface area contributed by atoms with Crippen LogP contribution >= 0.6 is 11.8 Å². The summed E-state index contributed by atoms with van der Waals surface area (Å²) in [5, 5.41) is 2.83. The molecule has 134 valence electrons. The zero-order valence-corrected chi connectivity index (χ0v) is 15.4. The second-order valence-electron chi connectivity index (χ2n) is 5.74. The van der Waals surface area contributed by atoms with Gasteiger partial charge in [0.1, 0.15) is 11.4 Å². The van der Waals surface area contributed by atoms with Gasteiger partial charge in [0, 0.05) is 23.7 Å². The van der Waals surface area contributed by atoms with Gasteiger partial charge in [-0.2, -0.15) is 0 Å². The SMILES string of the molecule is COc1ccc(NC(=O)CSCc2cc(=O)n3cccc(C)c3n2)cc1. The summed E-state index contributed by atoms with van der Waals surface area (Å²) in [6.07, 6.45) is 1.71. The van der Waals surface area contributed by atoms with E-state index in [1.807, 2.05) is 19.1 Å². The Bertz CT molecular complexity index is 983. The van der Waals surface area contributed by atoms with Crippen LogP contribution in [-0.4, -0.2) is 28.2 Å². The summed E-state index contributed by atoms with van der Waals surface area (Å²) in [5.74, 6) is 1.41. The number of thioether (sulfide) groups is 1. The fourth-order valence-corrected chi connectivity index (χ4v) is 3.22. The normalized spacial score (nSPS) is 10.7. The van der Waals surface area contributed by atoms with Crippen molar-refractivity contribution in [1.82, 2.24) is 9.38 Å². The lowest BCUT2D eigenvalue weighted by Crippen LogP contribution is -2.17. The number of fused-ring (bicyclic) bond motifs is 1. The molecule has 3 rings (SSSR count). The first-order valence-corrected chi connectivity index (χ1v) is 9.22. The van der Waals surface area contributed by atoms with Crippen LogP contribution < -0.4 is 15.6 Å². The first kappa shape index (κ1) is 18.0. The van der Waals surface area contributed by atoms with Gasteiger partial charge in [0.25, 0.3) is 5.56 Å². The largest absolute Gasteiger partial charge is 0.497 e. The number of methoxy groups -OCH3 is 1. The number of nitrogens with one attached hydrogen (secondary N) is 1. The zero-order valence-electron chi connectivity index (χ0n) is 14.6. The molecule has 0 radical (unpaired) electrons. The van der Waals surface area contributed by atoms with Crippen LogP contribution in [0.25, 0.3) is 5.65 Å². The maximum atomic E-state index is 12.2. The molecule has 1 aromatic carbocycles. The summed E-state index contributed by atoms with van der Waals surface area (Å²) in [4.78, 5) is 28.7. The molecule has 0 atom stereocenters. The topological polar surface area (TPSA) is 72.7 Å². The predicted octanol–water partition coefficient (Wildman–Crippen LogP) is 2.88. The van der Waals surface area contributed by atoms with Crippen LogP contribution in [0.4, 0.5) is 5.69 Å². The molecule has 2 aromatic heterocycles. The van der Waals surface area contributed by atoms with E-state index in [1.54, 1.807) is 37.6 Å². The Morgan fingerprint density at radius 3 is 2.77 bits per heavy atom. The number of nitrogens with zero attached hydrogens (tertiary/aromatic N) is 2. The van der Waals surface area contributed by atoms with E-state index in [-0.39, 0.29) is 17.2 Å². The van der Waals surface area contributed by atoms with Crippen LogP contribution in [-0.2, 0) is 10.5 Å². The second kappa shape index (κ2) is 8.05. The number of pyridine rings is 1. The Kier molecular flexibility index (Phi) is 5.58. The van der Waals surface area contributed by atoms with Crippen LogP contribution in [0.2, 0.25) is 0 Å². The van der Waals surface area contributed by atoms with Crippen molar-refractivity contribution in [3.05, 3.63) is 70.3 Å². The molecule has 1 amide bonds. The molecule has 0 aliphatic carbocycles. The van der Waals surface area contributed by atoms with Gasteiger partial charge < -0.3 is 10.1 Å². The molecule has 0 bridgehead atoms. The highest BCUT2D eigenvalue weighted by molar-refractivity contribution is 7.99. The lowest BCUT2D eigenvalue weighted by Gasteiger charge is -2.07. The van der Waals surface area contributed by atoms with Crippen molar-refractivity contribution >= 4 is 29.0 Å². The Labute approximate surface area is 155 Å². The summed E-state index contributed by atoms with van der Waals surface area (Å²) in [6.45, 7) is 1.92. The van der Waals surface area contributed by atoms with E-state index in [0.29, 0.717) is 22.8 Å². The van der Waals surface area contributed by atoms with Crippen LogP contribution in [0.1, 0.15) is 11.3 Å². The molecule has 0 aliphatic rings. The standard InChI is InChI=1S/C19H19N3O3S/c1-13-4-3-9-22-18(24)10-15(21-19(13)22)11-26-12-17(23)20-14-5-7-16(25-2)8-6-14/h3-10H,11-12H2,1-2H3,(H,20,23). The summed E-state index contributed by atoms with van der Waals surface area (Å²) < 4.78 is 6.61. The number of hydrogen-bond donors (Lipinski definition) is 1. The molecular weight excluding hydrogens is 350 g/mol. The smallest absolute Gasteiger partial charge is 0.258 e. The second-order valence-corrected chi connectivity index (χ2v) is 6.73. The van der Waals surface area contributed by atoms with Crippen molar-refractivity contribution in [2.45, 2.75) is 12.7 Å². The van der Waals surface area contributed by atoms with Crippen molar-refractivity contribution in [2.75, 3.05) is 18.2 Å². The third-order valence-electron chi connectivity index (χ3n) is 3.80. The summed E-state index contributed by atoms with van der Waals surface area (Å²) in [5.41, 5.74) is 2.87. The molecule has 1 N–H and O–H groups in total. The van der Waals surface area contributed by atoms with Crippen LogP contribution in [0.5, 0.6) is 5.75 Å². The van der Waals surface area contributed by atoms with Gasteiger partial charge in [-0.15, -0.1) is 11.8 Å². The Morgan fingerprint density at radius 2 is 2.04 bits per heavy atom. The number of rotatable bonds is 6. The highest BCUT2D eigenvalue weighted by Crippen LogP contribution is 2.16. The Morgan fingerprint density at radius 1 is 1.27 bits per heavy atom. The first-order chi connectivity index (χ1) is 12.6. The highest BCUT2D eigenvalue weighted by atomic mass is 32.2. The van der Waals surface area contributed by atoms with Gasteiger partial charge in [-0.05, 0) is 42.8 Å². The third-order valence-corrected chi connectivity index (χ3v) is 4.76. The number of hydrogen-bond acceptors (Lipinski definition) is 5. The van der Waals surface area contributed by atoms with Crippen LogP contribution in [0, 0.1) is 6.92 Å². The van der Waals surface area contributed by atoms with Crippen molar-refractivity contribution in [1.29, 1.82) is 0 Å². The minimum atomic E-state index is -0.114. The molecule has 3 aromatic rings. The number of benzene rings is 1. The molecule has 0 spiro atoms. The molecule has 0 saturated heterocycles. The number of aromatic nitrogens is 2. The van der Waals surface area contributed by atoms with E-state index >= 15 is 0 Å². The maximum Gasteiger partial charge on any atom is 0.258 e. The lowest BCUT2D eigenvalue weighted by atomic mass is 10.3. The number of amides is 1. The number of ether oxygens (including phenoxy) is 1. The number of aryl methyl sites for hydroxylation is 1. The van der Waals surface area contributed by atoms with Gasteiger partial charge in [-0.25, -0.2) is 4.98 Å². The molecule has 0 saturated carbocycles. The zero-order chi connectivity index (χ0) is 18.5. The van der Waals surface area contributed by atoms with Crippen molar-refractivity contribution in [3.8, 4) is 5.75 Å². The molecule has 7 heteroatoms. The van der Waals surface area contributed by atoms with E-state index in [2.05, 4.69) is 10.3 Å². The minimum Gasteiger partial charge on any atom is -0.497 e. The molecule has 0 aliphatic heterocycles. The Hall–Kier alpha value is -2.80. The van der Waals surface area contributed by atoms with Gasteiger partial charge in [0.05, 0.1) is 18.6 Å². The van der Waals surface area contributed by atoms with E-state index in [0.717, 1.165) is 11.3 Å². The highest BCUT2D eigenvalue weighted by Gasteiger charge is 2.07. The van der Waals surface area contributed by atoms with Crippen LogP contribution in [0.3, 0.4) is 0 Å². The first-order valence-electron chi connectivity index (χ1n) is 8.06. The summed E-state index contributed by atoms with van der Waals surface area (Å²) >= 11 is 1.42. The number of carbonyl (C=O) groups excluding carboxylic acids is 1. The van der Waals surface area contributed by atoms with E-state index in [9.17, 15) is 9.59 Å². The van der Waals surface area contributed by atoms with Crippen molar-refractivity contribution in [3.63, 3.8) is 0 Å². The monoisotopic (exact) mass is 369 g/mol. The van der Waals surface area contributed by atoms with Crippen molar-refractivity contribution in [2.24, 2.45) is 0 Å². The van der Waals surface area contributed by atoms with Gasteiger partial charge in [-0.1, -0.05) is 6.07 Å². The molecule has 0 fully saturated rings. The molecule has 2 heterocycles. The van der Waals surface area contributed by atoms with E-state index in [1.165, 1.54) is 22.2 Å². The average Bonchev–Trinajstić information content (AvgIpc) is 2.63. The maximum absolute atomic E-state index is 12.2. The fraction of sp³-hybridized carbons (Fsp3) is 0.211. The van der Waals surface area contributed by atoms with Gasteiger partial charge >= 0.3 is 0 Å². The predicted molar refractivity (Wildman–Crippen MR) is 104 cm³/mol. The van der Waals surface area contributed by atoms with Gasteiger partial charge in [-0.3, -0.25) is 14.0 Å². The number of carbonyl (C=O) groups is 1. The van der Waals surface area contributed by atoms with Gasteiger partial charge in [0.15, 0.2) is 0 Å². The molecule has 0 unspecified atom stereocenters. The Balaban J connectivity index is 1.59. The average molecular weight is 369 g/mol. The fourth-order valence-electron chi connectivity index (χ4n) is 2.50. The van der Waals surface area contributed by atoms with E-state index in [4.69, 9.17) is 4.74 Å². The lowest BCUT2D eigenvalue weighted by molar-refractivity contribution is -0.113. The van der Waals surface area contributed by atoms with Crippen LogP contribution in [0.15, 0.2) is 53.5 Å². The summed E-state index contributed by atoms with van der Waals surface area (Å²) in [7, 11) is 1.60. The molecule has 6 nitrogen and oxygen atoms in total. The third kappa shape index (κ3) is 4.23. The van der Waals surface area contributed by atoms with E-state index < -0.39 is 0 Å². The molecular formula is C19H19N3O3S. The number of anilines is 1. The quantitative estimate of drug-likeness (QED) is 0.723. The summed E-state index contributed by atoms with van der Waals surface area (Å²) in [6, 6.07) is 12.4. The molecule has 26 heavy (non-hydrogen) atoms. The minimum absolute atomic E-state index is 0.103.